The van der Waals surface area contributed by atoms with Crippen LogP contribution in [0.25, 0.3) is 0 Å². The highest BCUT2D eigenvalue weighted by Crippen LogP contribution is 2.26. The van der Waals surface area contributed by atoms with E-state index in [-0.39, 0.29) is 11.3 Å². The monoisotopic (exact) mass is 427 g/mol. The molecule has 0 saturated heterocycles. The van der Waals surface area contributed by atoms with E-state index < -0.39 is 0 Å². The predicted octanol–water partition coefficient (Wildman–Crippen LogP) is 5.51. The second-order valence-electron chi connectivity index (χ2n) is 9.77. The number of anilines is 1. The van der Waals surface area contributed by atoms with Crippen molar-refractivity contribution >= 4 is 11.6 Å². The van der Waals surface area contributed by atoms with E-state index in [1.807, 2.05) is 6.20 Å². The van der Waals surface area contributed by atoms with Gasteiger partial charge in [0.2, 0.25) is 5.91 Å². The number of hydrogen-bond acceptors (Lipinski definition) is 3. The Morgan fingerprint density at radius 3 is 2.47 bits per heavy atom. The van der Waals surface area contributed by atoms with Crippen LogP contribution in [0.4, 0.5) is 5.69 Å². The van der Waals surface area contributed by atoms with Crippen molar-refractivity contribution in [3.63, 3.8) is 0 Å². The van der Waals surface area contributed by atoms with Gasteiger partial charge in [0.15, 0.2) is 0 Å². The van der Waals surface area contributed by atoms with Crippen molar-refractivity contribution in [2.45, 2.75) is 58.5 Å². The fraction of sp³-hybridized carbons (Fsp3) is 0.357. The van der Waals surface area contributed by atoms with Crippen LogP contribution in [0.3, 0.4) is 0 Å². The number of fused-ring (bicyclic) bond motifs is 1. The van der Waals surface area contributed by atoms with Crippen molar-refractivity contribution in [3.05, 3.63) is 94.8 Å². The lowest BCUT2D eigenvalue weighted by Crippen LogP contribution is -2.31. The first-order valence-corrected chi connectivity index (χ1v) is 11.5. The zero-order chi connectivity index (χ0) is 22.6. The van der Waals surface area contributed by atoms with Gasteiger partial charge < -0.3 is 5.32 Å². The molecule has 0 aliphatic carbocycles. The van der Waals surface area contributed by atoms with E-state index >= 15 is 0 Å². The molecule has 0 atom stereocenters. The molecule has 1 aliphatic rings. The molecular weight excluding hydrogens is 394 g/mol. The van der Waals surface area contributed by atoms with E-state index in [4.69, 9.17) is 0 Å². The summed E-state index contributed by atoms with van der Waals surface area (Å²) in [7, 11) is 0. The summed E-state index contributed by atoms with van der Waals surface area (Å²) < 4.78 is 0. The van der Waals surface area contributed by atoms with Crippen LogP contribution in [0.5, 0.6) is 0 Å². The number of hydrogen-bond donors (Lipinski definition) is 1. The normalized spacial score (nSPS) is 14.1. The van der Waals surface area contributed by atoms with E-state index in [9.17, 15) is 4.79 Å². The van der Waals surface area contributed by atoms with Crippen LogP contribution in [0, 0.1) is 0 Å². The Kier molecular flexibility index (Phi) is 6.71. The van der Waals surface area contributed by atoms with Crippen molar-refractivity contribution in [2.75, 3.05) is 11.9 Å². The number of pyridine rings is 1. The van der Waals surface area contributed by atoms with Crippen LogP contribution >= 0.6 is 0 Å². The quantitative estimate of drug-likeness (QED) is 0.564. The van der Waals surface area contributed by atoms with Gasteiger partial charge in [0.25, 0.3) is 0 Å². The van der Waals surface area contributed by atoms with Gasteiger partial charge in [-0.1, -0.05) is 75.4 Å². The van der Waals surface area contributed by atoms with Gasteiger partial charge in [0, 0.05) is 32.3 Å². The van der Waals surface area contributed by atoms with Crippen LogP contribution in [0.15, 0.2) is 67.0 Å². The molecule has 1 N–H and O–H groups in total. The summed E-state index contributed by atoms with van der Waals surface area (Å²) in [6.45, 7) is 9.42. The summed E-state index contributed by atoms with van der Waals surface area (Å²) in [6, 6.07) is 19.2. The fourth-order valence-electron chi connectivity index (χ4n) is 4.28. The lowest BCUT2D eigenvalue weighted by Gasteiger charge is -2.29. The number of aromatic nitrogens is 1. The number of carbonyl (C=O) groups is 1. The maximum absolute atomic E-state index is 12.7. The molecule has 2 heterocycles. The summed E-state index contributed by atoms with van der Waals surface area (Å²) in [5, 5.41) is 3.12. The Bertz CT molecular complexity index is 1050. The highest BCUT2D eigenvalue weighted by Gasteiger charge is 2.20. The molecular formula is C28H33N3O. The van der Waals surface area contributed by atoms with E-state index in [0.717, 1.165) is 38.2 Å². The zero-order valence-electron chi connectivity index (χ0n) is 19.4. The third-order valence-corrected chi connectivity index (χ3v) is 6.20. The third-order valence-electron chi connectivity index (χ3n) is 6.20. The average Bonchev–Trinajstić information content (AvgIpc) is 2.78. The maximum Gasteiger partial charge on any atom is 0.224 e. The van der Waals surface area contributed by atoms with Crippen molar-refractivity contribution in [1.82, 2.24) is 9.88 Å². The molecule has 0 saturated carbocycles. The Labute approximate surface area is 191 Å². The third kappa shape index (κ3) is 5.63. The lowest BCUT2D eigenvalue weighted by atomic mass is 9.86. The van der Waals surface area contributed by atoms with Gasteiger partial charge in [-0.3, -0.25) is 14.7 Å². The molecule has 4 heteroatoms. The fourth-order valence-corrected chi connectivity index (χ4v) is 4.28. The molecule has 166 valence electrons. The van der Waals surface area contributed by atoms with Crippen molar-refractivity contribution < 1.29 is 4.79 Å². The SMILES string of the molecule is CC(C)(C)c1ccc(CCC(=O)Nc2cncc3c2CCN(Cc2ccccc2)C3)cc1. The van der Waals surface area contributed by atoms with E-state index in [1.54, 1.807) is 6.20 Å². The lowest BCUT2D eigenvalue weighted by molar-refractivity contribution is -0.116. The molecule has 4 rings (SSSR count). The Hall–Kier alpha value is -2.98. The number of rotatable bonds is 6. The van der Waals surface area contributed by atoms with Gasteiger partial charge in [0.1, 0.15) is 0 Å². The van der Waals surface area contributed by atoms with E-state index in [0.29, 0.717) is 6.42 Å². The first-order chi connectivity index (χ1) is 15.4. The van der Waals surface area contributed by atoms with Gasteiger partial charge in [-0.05, 0) is 46.1 Å². The van der Waals surface area contributed by atoms with Gasteiger partial charge >= 0.3 is 0 Å². The molecule has 3 aromatic rings. The van der Waals surface area contributed by atoms with Crippen LogP contribution in [0.1, 0.15) is 55.0 Å². The molecule has 4 nitrogen and oxygen atoms in total. The summed E-state index contributed by atoms with van der Waals surface area (Å²) in [4.78, 5) is 19.5. The maximum atomic E-state index is 12.7. The average molecular weight is 428 g/mol. The zero-order valence-corrected chi connectivity index (χ0v) is 19.4. The van der Waals surface area contributed by atoms with Crippen LogP contribution in [-0.4, -0.2) is 22.3 Å². The van der Waals surface area contributed by atoms with Crippen LogP contribution in [0.2, 0.25) is 0 Å². The topological polar surface area (TPSA) is 45.2 Å². The first kappa shape index (κ1) is 22.2. The number of benzene rings is 2. The molecule has 0 radical (unpaired) electrons. The molecule has 1 aromatic heterocycles. The Balaban J connectivity index is 1.34. The smallest absolute Gasteiger partial charge is 0.224 e. The molecule has 0 bridgehead atoms. The summed E-state index contributed by atoms with van der Waals surface area (Å²) in [5.74, 6) is 0.0480. The molecule has 0 fully saturated rings. The van der Waals surface area contributed by atoms with Crippen LogP contribution < -0.4 is 5.32 Å². The van der Waals surface area contributed by atoms with Crippen LogP contribution in [-0.2, 0) is 36.1 Å². The highest BCUT2D eigenvalue weighted by atomic mass is 16.1. The number of nitrogens with zero attached hydrogens (tertiary/aromatic N) is 2. The molecule has 2 aromatic carbocycles. The minimum atomic E-state index is 0.0480. The molecule has 1 aliphatic heterocycles. The standard InChI is InChI=1S/C28H33N3O/c1-28(2,3)24-12-9-21(10-13-24)11-14-27(32)30-26-18-29-17-23-20-31(16-15-25(23)26)19-22-7-5-4-6-8-22/h4-10,12-13,17-18H,11,14-16,19-20H2,1-3H3,(H,30,32). The number of amides is 1. The molecule has 32 heavy (non-hydrogen) atoms. The Morgan fingerprint density at radius 1 is 1.00 bits per heavy atom. The summed E-state index contributed by atoms with van der Waals surface area (Å²) >= 11 is 0. The van der Waals surface area contributed by atoms with Gasteiger partial charge in [-0.25, -0.2) is 0 Å². The molecule has 0 spiro atoms. The summed E-state index contributed by atoms with van der Waals surface area (Å²) in [6.07, 6.45) is 5.87. The van der Waals surface area contributed by atoms with E-state index in [1.165, 1.54) is 27.8 Å². The van der Waals surface area contributed by atoms with E-state index in [2.05, 4.69) is 90.6 Å². The highest BCUT2D eigenvalue weighted by molar-refractivity contribution is 5.91. The molecule has 1 amide bonds. The summed E-state index contributed by atoms with van der Waals surface area (Å²) in [5.41, 5.74) is 7.28. The largest absolute Gasteiger partial charge is 0.324 e. The number of aryl methyl sites for hydroxylation is 1. The second kappa shape index (κ2) is 9.66. The minimum Gasteiger partial charge on any atom is -0.324 e. The Morgan fingerprint density at radius 2 is 1.75 bits per heavy atom. The number of nitrogens with one attached hydrogen (secondary N) is 1. The molecule has 0 unspecified atom stereocenters. The van der Waals surface area contributed by atoms with Gasteiger partial charge in [-0.15, -0.1) is 0 Å². The second-order valence-corrected chi connectivity index (χ2v) is 9.77. The van der Waals surface area contributed by atoms with Crippen molar-refractivity contribution in [1.29, 1.82) is 0 Å². The first-order valence-electron chi connectivity index (χ1n) is 11.5. The van der Waals surface area contributed by atoms with Gasteiger partial charge in [-0.2, -0.15) is 0 Å². The van der Waals surface area contributed by atoms with Crippen molar-refractivity contribution in [2.24, 2.45) is 0 Å². The number of carbonyl (C=O) groups excluding carboxylic acids is 1. The van der Waals surface area contributed by atoms with Crippen molar-refractivity contribution in [3.8, 4) is 0 Å². The van der Waals surface area contributed by atoms with Gasteiger partial charge in [0.05, 0.1) is 11.9 Å². The minimum absolute atomic E-state index is 0.0480. The predicted molar refractivity (Wildman–Crippen MR) is 131 cm³/mol.